The molecule has 0 unspecified atom stereocenters. The fourth-order valence-corrected chi connectivity index (χ4v) is 1.97. The van der Waals surface area contributed by atoms with E-state index in [2.05, 4.69) is 31.2 Å². The second-order valence-corrected chi connectivity index (χ2v) is 4.49. The summed E-state index contributed by atoms with van der Waals surface area (Å²) < 4.78 is 6.13. The Bertz CT molecular complexity index is 501. The Hall–Kier alpha value is -1.07. The summed E-state index contributed by atoms with van der Waals surface area (Å²) in [6.07, 6.45) is 3.26. The molecule has 84 valence electrons. The summed E-state index contributed by atoms with van der Waals surface area (Å²) >= 11 is 9.15. The Balaban J connectivity index is 2.04. The summed E-state index contributed by atoms with van der Waals surface area (Å²) in [5.41, 5.74) is 0. The molecule has 0 amide bonds. The van der Waals surface area contributed by atoms with Gasteiger partial charge in [-0.15, -0.1) is 0 Å². The smallest absolute Gasteiger partial charge is 0.213 e. The zero-order valence-electron chi connectivity index (χ0n) is 8.50. The Morgan fingerprint density at radius 1 is 1.44 bits per heavy atom. The van der Waals surface area contributed by atoms with Gasteiger partial charge in [0.05, 0.1) is 22.2 Å². The van der Waals surface area contributed by atoms with Gasteiger partial charge in [-0.05, 0) is 28.9 Å². The van der Waals surface area contributed by atoms with Gasteiger partial charge in [-0.25, -0.2) is 9.97 Å². The summed E-state index contributed by atoms with van der Waals surface area (Å²) in [4.78, 5) is 8.22. The lowest BCUT2D eigenvalue weighted by atomic mass is 10.4. The molecule has 0 bridgehead atoms. The summed E-state index contributed by atoms with van der Waals surface area (Å²) in [6.45, 7) is 2.34. The van der Waals surface area contributed by atoms with Crippen LogP contribution in [0.1, 0.15) is 11.7 Å². The number of halogens is 2. The van der Waals surface area contributed by atoms with E-state index in [9.17, 15) is 0 Å². The van der Waals surface area contributed by atoms with E-state index in [1.54, 1.807) is 18.5 Å². The van der Waals surface area contributed by atoms with Crippen molar-refractivity contribution in [1.29, 1.82) is 0 Å². The molecular weight excluding hydrogens is 293 g/mol. The number of hydrogen-bond donors (Lipinski definition) is 1. The predicted octanol–water partition coefficient (Wildman–Crippen LogP) is 3.41. The summed E-state index contributed by atoms with van der Waals surface area (Å²) in [6, 6.07) is 1.78. The molecule has 0 saturated carbocycles. The van der Waals surface area contributed by atoms with Gasteiger partial charge in [0.1, 0.15) is 11.6 Å². The number of aromatic nitrogens is 2. The minimum atomic E-state index is 0.487. The molecule has 0 spiro atoms. The maximum absolute atomic E-state index is 5.79. The molecule has 0 fully saturated rings. The molecule has 2 aromatic rings. The zero-order valence-corrected chi connectivity index (χ0v) is 10.8. The van der Waals surface area contributed by atoms with Crippen molar-refractivity contribution in [1.82, 2.24) is 9.97 Å². The molecule has 0 aromatic carbocycles. The van der Waals surface area contributed by atoms with Crippen molar-refractivity contribution in [3.05, 3.63) is 39.6 Å². The van der Waals surface area contributed by atoms with E-state index in [-0.39, 0.29) is 0 Å². The third-order valence-electron chi connectivity index (χ3n) is 1.88. The van der Waals surface area contributed by atoms with E-state index >= 15 is 0 Å². The molecule has 0 atom stereocenters. The van der Waals surface area contributed by atoms with Crippen molar-refractivity contribution in [2.75, 3.05) is 5.32 Å². The summed E-state index contributed by atoms with van der Waals surface area (Å²) in [5, 5.41) is 3.68. The van der Waals surface area contributed by atoms with Crippen molar-refractivity contribution in [2.45, 2.75) is 13.5 Å². The van der Waals surface area contributed by atoms with E-state index in [4.69, 9.17) is 16.0 Å². The van der Waals surface area contributed by atoms with E-state index in [0.717, 1.165) is 10.2 Å². The standard InChI is InChI=1S/C10H9BrClN3O/c1-6-3-13-9(16-6)5-15-10-8(11)2-7(12)4-14-10/h2-4H,5H2,1H3,(H,14,15). The van der Waals surface area contributed by atoms with Gasteiger partial charge in [0.2, 0.25) is 5.89 Å². The molecular formula is C10H9BrClN3O. The lowest BCUT2D eigenvalue weighted by Gasteiger charge is -2.05. The van der Waals surface area contributed by atoms with Gasteiger partial charge < -0.3 is 9.73 Å². The fraction of sp³-hybridized carbons (Fsp3) is 0.200. The van der Waals surface area contributed by atoms with Crippen LogP contribution in [0.15, 0.2) is 27.3 Å². The first-order chi connectivity index (χ1) is 7.65. The highest BCUT2D eigenvalue weighted by Gasteiger charge is 2.04. The van der Waals surface area contributed by atoms with Crippen LogP contribution in [0, 0.1) is 6.92 Å². The van der Waals surface area contributed by atoms with Crippen molar-refractivity contribution >= 4 is 33.3 Å². The molecule has 2 rings (SSSR count). The Morgan fingerprint density at radius 2 is 2.25 bits per heavy atom. The van der Waals surface area contributed by atoms with Crippen molar-refractivity contribution < 1.29 is 4.42 Å². The number of nitrogens with one attached hydrogen (secondary N) is 1. The van der Waals surface area contributed by atoms with Gasteiger partial charge >= 0.3 is 0 Å². The normalized spacial score (nSPS) is 10.4. The highest BCUT2D eigenvalue weighted by Crippen LogP contribution is 2.23. The maximum atomic E-state index is 5.79. The minimum absolute atomic E-state index is 0.487. The Labute approximate surface area is 106 Å². The van der Waals surface area contributed by atoms with Crippen LogP contribution in [0.25, 0.3) is 0 Å². The van der Waals surface area contributed by atoms with Crippen LogP contribution >= 0.6 is 27.5 Å². The monoisotopic (exact) mass is 301 g/mol. The van der Waals surface area contributed by atoms with Crippen LogP contribution in [0.2, 0.25) is 5.02 Å². The largest absolute Gasteiger partial charge is 0.444 e. The van der Waals surface area contributed by atoms with E-state index < -0.39 is 0 Å². The van der Waals surface area contributed by atoms with Crippen molar-refractivity contribution in [3.63, 3.8) is 0 Å². The summed E-state index contributed by atoms with van der Waals surface area (Å²) in [5.74, 6) is 2.13. The molecule has 2 aromatic heterocycles. The lowest BCUT2D eigenvalue weighted by Crippen LogP contribution is -2.02. The molecule has 1 N–H and O–H groups in total. The van der Waals surface area contributed by atoms with Gasteiger partial charge in [0, 0.05) is 6.20 Å². The first kappa shape index (κ1) is 11.4. The first-order valence-electron chi connectivity index (χ1n) is 4.61. The van der Waals surface area contributed by atoms with Crippen LogP contribution < -0.4 is 5.32 Å². The molecule has 0 aliphatic carbocycles. The van der Waals surface area contributed by atoms with Crippen LogP contribution in [-0.2, 0) is 6.54 Å². The zero-order chi connectivity index (χ0) is 11.5. The molecule has 6 heteroatoms. The second-order valence-electron chi connectivity index (χ2n) is 3.20. The lowest BCUT2D eigenvalue weighted by molar-refractivity contribution is 0.479. The quantitative estimate of drug-likeness (QED) is 0.944. The number of hydrogen-bond acceptors (Lipinski definition) is 4. The average Bonchev–Trinajstić information content (AvgIpc) is 2.63. The first-order valence-corrected chi connectivity index (χ1v) is 5.78. The highest BCUT2D eigenvalue weighted by molar-refractivity contribution is 9.10. The van der Waals surface area contributed by atoms with Crippen LogP contribution in [0.3, 0.4) is 0 Å². The molecule has 0 saturated heterocycles. The van der Waals surface area contributed by atoms with Crippen molar-refractivity contribution in [2.24, 2.45) is 0 Å². The second kappa shape index (κ2) is 4.84. The van der Waals surface area contributed by atoms with Crippen LogP contribution in [0.5, 0.6) is 0 Å². The van der Waals surface area contributed by atoms with Crippen molar-refractivity contribution in [3.8, 4) is 0 Å². The van der Waals surface area contributed by atoms with Gasteiger partial charge in [0.25, 0.3) is 0 Å². The van der Waals surface area contributed by atoms with E-state index in [1.807, 2.05) is 6.92 Å². The number of rotatable bonds is 3. The van der Waals surface area contributed by atoms with Crippen LogP contribution in [-0.4, -0.2) is 9.97 Å². The number of aryl methyl sites for hydroxylation is 1. The van der Waals surface area contributed by atoms with Gasteiger partial charge in [-0.2, -0.15) is 0 Å². The number of anilines is 1. The summed E-state index contributed by atoms with van der Waals surface area (Å²) in [7, 11) is 0. The number of pyridine rings is 1. The maximum Gasteiger partial charge on any atom is 0.213 e. The third kappa shape index (κ3) is 2.74. The Kier molecular flexibility index (Phi) is 3.46. The van der Waals surface area contributed by atoms with Gasteiger partial charge in [0.15, 0.2) is 0 Å². The molecule has 0 aliphatic rings. The fourth-order valence-electron chi connectivity index (χ4n) is 1.19. The topological polar surface area (TPSA) is 51.0 Å². The molecule has 0 radical (unpaired) electrons. The average molecular weight is 303 g/mol. The number of nitrogens with zero attached hydrogens (tertiary/aromatic N) is 2. The predicted molar refractivity (Wildman–Crippen MR) is 65.5 cm³/mol. The molecule has 16 heavy (non-hydrogen) atoms. The third-order valence-corrected chi connectivity index (χ3v) is 2.70. The molecule has 0 aliphatic heterocycles. The van der Waals surface area contributed by atoms with E-state index in [0.29, 0.717) is 23.3 Å². The molecule has 4 nitrogen and oxygen atoms in total. The number of oxazole rings is 1. The van der Waals surface area contributed by atoms with E-state index in [1.165, 1.54) is 0 Å². The van der Waals surface area contributed by atoms with Gasteiger partial charge in [-0.1, -0.05) is 11.6 Å². The molecule has 2 heterocycles. The highest BCUT2D eigenvalue weighted by atomic mass is 79.9. The Morgan fingerprint density at radius 3 is 2.88 bits per heavy atom. The minimum Gasteiger partial charge on any atom is -0.444 e. The van der Waals surface area contributed by atoms with Gasteiger partial charge in [-0.3, -0.25) is 0 Å². The van der Waals surface area contributed by atoms with Crippen LogP contribution in [0.4, 0.5) is 5.82 Å². The SMILES string of the molecule is Cc1cnc(CNc2ncc(Cl)cc2Br)o1.